The Morgan fingerprint density at radius 1 is 0.659 bits per heavy atom. The number of aryl methyl sites for hydroxylation is 4. The third kappa shape index (κ3) is 7.25. The van der Waals surface area contributed by atoms with Gasteiger partial charge >= 0.3 is 13.7 Å². The molecule has 1 atom stereocenters. The second-order valence-corrected chi connectivity index (χ2v) is 10.8. The molecule has 4 nitrogen and oxygen atoms in total. The summed E-state index contributed by atoms with van der Waals surface area (Å²) in [6.07, 6.45) is 6.59. The van der Waals surface area contributed by atoms with Crippen LogP contribution < -0.4 is 23.9 Å². The Balaban J connectivity index is 0.000000197. The zero-order valence-corrected chi connectivity index (χ0v) is 29.4. The van der Waals surface area contributed by atoms with Crippen molar-refractivity contribution in [2.75, 3.05) is 0 Å². The molecule has 7 heteroatoms. The Bertz CT molecular complexity index is 1430. The summed E-state index contributed by atoms with van der Waals surface area (Å²) in [5.74, 6) is 2.87. The lowest BCUT2D eigenvalue weighted by Crippen LogP contribution is -2.30. The number of hydrogen-bond donors (Lipinski definition) is 0. The average molecular weight is 590 g/mol. The topological polar surface area (TPSA) is 26.2 Å². The molecule has 0 saturated carbocycles. The molecule has 6 heterocycles. The highest BCUT2D eigenvalue weighted by Gasteiger charge is 2.56. The SMILES string of the molecule is CC.CC.CC.CC.Cc1cc2c(cc1-c1cccc[n+]1C)OB1CB12.Cc1cc2c(cc1-c1cccc[n+]1C)OB1CC12. The fourth-order valence-electron chi connectivity index (χ4n) is 5.95. The van der Waals surface area contributed by atoms with E-state index in [1.165, 1.54) is 57.2 Å². The summed E-state index contributed by atoms with van der Waals surface area (Å²) in [7, 11) is 4.17. The predicted octanol–water partition coefficient (Wildman–Crippen LogP) is 7.82. The van der Waals surface area contributed by atoms with Crippen LogP contribution >= 0.6 is 0 Å². The van der Waals surface area contributed by atoms with Gasteiger partial charge in [-0.25, -0.2) is 9.13 Å². The van der Waals surface area contributed by atoms with Crippen LogP contribution in [-0.2, 0) is 14.1 Å². The number of rotatable bonds is 2. The van der Waals surface area contributed by atoms with Crippen molar-refractivity contribution < 1.29 is 18.4 Å². The monoisotopic (exact) mass is 590 g/mol. The number of benzene rings is 2. The van der Waals surface area contributed by atoms with E-state index in [4.69, 9.17) is 9.31 Å². The van der Waals surface area contributed by atoms with Crippen LogP contribution in [0, 0.1) is 13.8 Å². The number of fused-ring (bicyclic) bond motifs is 6. The second-order valence-electron chi connectivity index (χ2n) is 10.8. The fourth-order valence-corrected chi connectivity index (χ4v) is 5.95. The molecule has 4 aliphatic heterocycles. The molecule has 2 aromatic carbocycles. The van der Waals surface area contributed by atoms with Crippen LogP contribution in [0.2, 0.25) is 12.5 Å². The standard InChI is InChI=1S/C15H15BNO.C14H14B2NO.4C2H6/c1-10-7-12-13-9-16(13)18-15(12)8-11(10)14-5-3-4-6-17(14)2;1-10-7-12-14(18-16-9-15(12)16)8-11(10)13-5-3-4-6-17(13)2;4*1-2/h3-8,13H,9H2,1-2H3;3-8H,9H2,1-2H3;4*1-2H3/q2*+1;;;;. The summed E-state index contributed by atoms with van der Waals surface area (Å²) in [4.78, 5) is 0. The first-order valence-corrected chi connectivity index (χ1v) is 17.0. The van der Waals surface area contributed by atoms with Gasteiger partial charge < -0.3 is 9.31 Å². The second kappa shape index (κ2) is 16.0. The zero-order valence-electron chi connectivity index (χ0n) is 29.4. The summed E-state index contributed by atoms with van der Waals surface area (Å²) < 4.78 is 16.2. The molecule has 0 radical (unpaired) electrons. The van der Waals surface area contributed by atoms with Gasteiger partial charge in [0.15, 0.2) is 19.0 Å². The Morgan fingerprint density at radius 3 is 1.73 bits per heavy atom. The molecule has 2 saturated heterocycles. The summed E-state index contributed by atoms with van der Waals surface area (Å²) in [6.45, 7) is 22.0. The van der Waals surface area contributed by atoms with Gasteiger partial charge in [0.25, 0.3) is 0 Å². The van der Waals surface area contributed by atoms with E-state index in [1.807, 2.05) is 55.4 Å². The van der Waals surface area contributed by atoms with Gasteiger partial charge in [-0.15, -0.1) is 0 Å². The fraction of sp³-hybridized carbons (Fsp3) is 0.405. The molecule has 0 spiro atoms. The number of pyridine rings is 2. The van der Waals surface area contributed by atoms with Gasteiger partial charge in [0.2, 0.25) is 11.4 Å². The molecule has 4 aromatic rings. The Labute approximate surface area is 269 Å². The third-order valence-electron chi connectivity index (χ3n) is 8.19. The van der Waals surface area contributed by atoms with Gasteiger partial charge in [-0.05, 0) is 66.6 Å². The van der Waals surface area contributed by atoms with Crippen LogP contribution in [0.3, 0.4) is 0 Å². The summed E-state index contributed by atoms with van der Waals surface area (Å²) in [5, 5.41) is 0. The minimum Gasteiger partial charge on any atom is -0.569 e. The largest absolute Gasteiger partial charge is 0.569 e. The molecule has 2 aromatic heterocycles. The van der Waals surface area contributed by atoms with E-state index < -0.39 is 0 Å². The summed E-state index contributed by atoms with van der Waals surface area (Å²) in [6, 6.07) is 21.6. The van der Waals surface area contributed by atoms with Crippen LogP contribution in [0.4, 0.5) is 0 Å². The lowest BCUT2D eigenvalue weighted by atomic mass is 9.47. The molecule has 2 fully saturated rings. The smallest absolute Gasteiger partial charge is 0.364 e. The molecule has 0 aliphatic carbocycles. The van der Waals surface area contributed by atoms with Crippen molar-refractivity contribution in [1.82, 2.24) is 0 Å². The van der Waals surface area contributed by atoms with Crippen LogP contribution in [0.1, 0.15) is 77.9 Å². The minimum atomic E-state index is 0.471. The molecule has 4 aliphatic rings. The maximum atomic E-state index is 5.93. The van der Waals surface area contributed by atoms with Crippen molar-refractivity contribution in [1.29, 1.82) is 0 Å². The molecule has 1 unspecified atom stereocenters. The summed E-state index contributed by atoms with van der Waals surface area (Å²) >= 11 is 0. The lowest BCUT2D eigenvalue weighted by Gasteiger charge is -2.10. The quantitative estimate of drug-likeness (QED) is 0.176. The van der Waals surface area contributed by atoms with E-state index in [1.54, 1.807) is 0 Å². The van der Waals surface area contributed by atoms with Gasteiger partial charge in [0.05, 0.1) is 16.9 Å². The number of nitrogens with zero attached hydrogens (tertiary/aromatic N) is 2. The first-order chi connectivity index (χ1) is 21.5. The molecule has 230 valence electrons. The molecular formula is C37H53B3N2O2+2. The third-order valence-corrected chi connectivity index (χ3v) is 8.19. The first kappa shape index (κ1) is 35.0. The van der Waals surface area contributed by atoms with Crippen LogP contribution in [-0.4, -0.2) is 20.3 Å². The molecule has 0 amide bonds. The van der Waals surface area contributed by atoms with Gasteiger partial charge in [-0.2, -0.15) is 0 Å². The van der Waals surface area contributed by atoms with Crippen LogP contribution in [0.5, 0.6) is 11.5 Å². The summed E-state index contributed by atoms with van der Waals surface area (Å²) in [5.41, 5.74) is 10.5. The number of hydrogen-bond acceptors (Lipinski definition) is 2. The van der Waals surface area contributed by atoms with Crippen molar-refractivity contribution in [2.24, 2.45) is 14.1 Å². The van der Waals surface area contributed by atoms with Crippen molar-refractivity contribution in [2.45, 2.75) is 87.6 Å². The van der Waals surface area contributed by atoms with E-state index in [0.29, 0.717) is 26.1 Å². The zero-order chi connectivity index (χ0) is 32.6. The maximum Gasteiger partial charge on any atom is 0.364 e. The van der Waals surface area contributed by atoms with E-state index in [9.17, 15) is 0 Å². The molecule has 44 heavy (non-hydrogen) atoms. The van der Waals surface area contributed by atoms with Gasteiger partial charge in [0.1, 0.15) is 19.8 Å². The van der Waals surface area contributed by atoms with Crippen molar-refractivity contribution in [3.63, 3.8) is 0 Å². The maximum absolute atomic E-state index is 5.93. The molecule has 8 rings (SSSR count). The minimum absolute atomic E-state index is 0.471. The van der Waals surface area contributed by atoms with Gasteiger partial charge in [-0.1, -0.05) is 73.7 Å². The molecule has 0 N–H and O–H groups in total. The van der Waals surface area contributed by atoms with Crippen LogP contribution in [0.25, 0.3) is 22.5 Å². The van der Waals surface area contributed by atoms with E-state index >= 15 is 0 Å². The van der Waals surface area contributed by atoms with Gasteiger partial charge in [-0.3, -0.25) is 0 Å². The Kier molecular flexibility index (Phi) is 12.8. The molecular weight excluding hydrogens is 537 g/mol. The first-order valence-electron chi connectivity index (χ1n) is 17.0. The molecule has 0 bridgehead atoms. The van der Waals surface area contributed by atoms with Gasteiger partial charge in [0, 0.05) is 30.1 Å². The highest BCUT2D eigenvalue weighted by molar-refractivity contribution is 7.44. The lowest BCUT2D eigenvalue weighted by molar-refractivity contribution is -0.660. The van der Waals surface area contributed by atoms with Crippen LogP contribution in [0.15, 0.2) is 73.1 Å². The Morgan fingerprint density at radius 2 is 1.18 bits per heavy atom. The van der Waals surface area contributed by atoms with E-state index in [-0.39, 0.29) is 0 Å². The van der Waals surface area contributed by atoms with Crippen molar-refractivity contribution >= 4 is 25.8 Å². The predicted molar refractivity (Wildman–Crippen MR) is 191 cm³/mol. The van der Waals surface area contributed by atoms with E-state index in [2.05, 4.69) is 110 Å². The van der Waals surface area contributed by atoms with Crippen molar-refractivity contribution in [3.05, 3.63) is 89.7 Å². The highest BCUT2D eigenvalue weighted by atomic mass is 16.4. The Hall–Kier alpha value is -3.47. The highest BCUT2D eigenvalue weighted by Crippen LogP contribution is 2.52. The van der Waals surface area contributed by atoms with Crippen molar-refractivity contribution in [3.8, 4) is 34.0 Å². The van der Waals surface area contributed by atoms with E-state index in [0.717, 1.165) is 11.5 Å². The number of aromatic nitrogens is 2. The normalized spacial score (nSPS) is 14.6. The average Bonchev–Trinajstić information content (AvgIpc) is 3.97.